The normalized spacial score (nSPS) is 15.6. The molecule has 10 heteroatoms. The van der Waals surface area contributed by atoms with E-state index in [9.17, 15) is 26.3 Å². The van der Waals surface area contributed by atoms with Crippen LogP contribution in [0.15, 0.2) is 13.2 Å². The van der Waals surface area contributed by atoms with Crippen molar-refractivity contribution in [1.82, 2.24) is 0 Å². The Hall–Kier alpha value is -0.840. The van der Waals surface area contributed by atoms with E-state index >= 15 is 0 Å². The van der Waals surface area contributed by atoms with Gasteiger partial charge in [0.2, 0.25) is 6.10 Å². The van der Waals surface area contributed by atoms with Crippen molar-refractivity contribution in [3.63, 3.8) is 0 Å². The minimum Gasteiger partial charge on any atom is -0.393 e. The molecule has 0 aromatic heterocycles. The van der Waals surface area contributed by atoms with Crippen molar-refractivity contribution in [3.05, 3.63) is 13.2 Å². The molecule has 0 heterocycles. The van der Waals surface area contributed by atoms with Gasteiger partial charge in [-0.3, -0.25) is 5.26 Å². The Morgan fingerprint density at radius 1 is 0.944 bits per heavy atom. The minimum atomic E-state index is -5.07. The van der Waals surface area contributed by atoms with E-state index < -0.39 is 37.8 Å². The third-order valence-corrected chi connectivity index (χ3v) is 1.47. The predicted molar refractivity (Wildman–Crippen MR) is 47.7 cm³/mol. The molecule has 0 spiro atoms. The summed E-state index contributed by atoms with van der Waals surface area (Å²) < 4.78 is 75.0. The second-order valence-corrected chi connectivity index (χ2v) is 2.68. The lowest BCUT2D eigenvalue weighted by molar-refractivity contribution is -0.364. The van der Waals surface area contributed by atoms with E-state index in [4.69, 9.17) is 10.4 Å². The molecule has 110 valence electrons. The largest absolute Gasteiger partial charge is 0.420 e. The first-order valence-corrected chi connectivity index (χ1v) is 4.29. The molecule has 0 aliphatic rings. The summed E-state index contributed by atoms with van der Waals surface area (Å²) in [5.74, 6) is 0. The van der Waals surface area contributed by atoms with Crippen molar-refractivity contribution in [3.8, 4) is 0 Å². The lowest BCUT2D eigenvalue weighted by Gasteiger charge is -2.22. The number of rotatable bonds is 5. The molecule has 0 amide bonds. The molecule has 0 fully saturated rings. The van der Waals surface area contributed by atoms with Crippen LogP contribution in [0.2, 0.25) is 0 Å². The second kappa shape index (κ2) is 8.29. The van der Waals surface area contributed by atoms with Gasteiger partial charge in [-0.1, -0.05) is 0 Å². The molecular weight excluding hydrogens is 274 g/mol. The van der Waals surface area contributed by atoms with Gasteiger partial charge in [0.05, 0.1) is 13.2 Å². The second-order valence-electron chi connectivity index (χ2n) is 2.68. The molecule has 0 bridgehead atoms. The molecule has 0 aromatic carbocycles. The Kier molecular flexibility index (Phi) is 8.99. The van der Waals surface area contributed by atoms with Crippen LogP contribution >= 0.6 is 0 Å². The van der Waals surface area contributed by atoms with E-state index in [1.54, 1.807) is 0 Å². The van der Waals surface area contributed by atoms with Crippen LogP contribution in [-0.2, 0) is 9.62 Å². The zero-order valence-electron chi connectivity index (χ0n) is 8.96. The van der Waals surface area contributed by atoms with E-state index in [-0.39, 0.29) is 0 Å². The first-order valence-electron chi connectivity index (χ1n) is 4.29. The number of hydrogen-bond donors (Lipinski definition) is 2. The molecular formula is C8H12F6O4. The molecule has 0 saturated heterocycles. The Balaban J connectivity index is 0. The highest BCUT2D eigenvalue weighted by atomic mass is 19.4. The Bertz CT molecular complexity index is 195. The SMILES string of the molecule is C=C.OCC(OCC(OO)C(F)(F)F)C(F)(F)F. The molecule has 2 atom stereocenters. The van der Waals surface area contributed by atoms with E-state index in [1.807, 2.05) is 0 Å². The number of ether oxygens (including phenoxy) is 1. The number of alkyl halides is 6. The zero-order valence-corrected chi connectivity index (χ0v) is 8.96. The molecule has 2 unspecified atom stereocenters. The van der Waals surface area contributed by atoms with Crippen LogP contribution < -0.4 is 0 Å². The van der Waals surface area contributed by atoms with Gasteiger partial charge in [-0.05, 0) is 0 Å². The molecule has 0 aromatic rings. The molecule has 0 rings (SSSR count). The van der Waals surface area contributed by atoms with Gasteiger partial charge in [0.25, 0.3) is 0 Å². The van der Waals surface area contributed by atoms with Gasteiger partial charge in [0.1, 0.15) is 0 Å². The fraction of sp³-hybridized carbons (Fsp3) is 0.750. The number of aliphatic hydroxyl groups is 1. The van der Waals surface area contributed by atoms with Gasteiger partial charge in [0, 0.05) is 0 Å². The first-order chi connectivity index (χ1) is 8.12. The highest BCUT2D eigenvalue weighted by molar-refractivity contribution is 4.70. The summed E-state index contributed by atoms with van der Waals surface area (Å²) in [5, 5.41) is 16.0. The third kappa shape index (κ3) is 7.48. The molecule has 18 heavy (non-hydrogen) atoms. The smallest absolute Gasteiger partial charge is 0.393 e. The predicted octanol–water partition coefficient (Wildman–Crippen LogP) is 2.15. The van der Waals surface area contributed by atoms with Crippen LogP contribution in [0.1, 0.15) is 0 Å². The summed E-state index contributed by atoms with van der Waals surface area (Å²) in [5.41, 5.74) is 0. The molecule has 0 saturated carbocycles. The van der Waals surface area contributed by atoms with E-state index in [2.05, 4.69) is 22.8 Å². The van der Waals surface area contributed by atoms with Crippen molar-refractivity contribution in [1.29, 1.82) is 0 Å². The van der Waals surface area contributed by atoms with E-state index in [0.717, 1.165) is 0 Å². The molecule has 0 radical (unpaired) electrons. The van der Waals surface area contributed by atoms with Crippen molar-refractivity contribution in [2.45, 2.75) is 24.6 Å². The average Bonchev–Trinajstić information content (AvgIpc) is 2.23. The summed E-state index contributed by atoms with van der Waals surface area (Å²) in [6.07, 6.45) is -15.7. The van der Waals surface area contributed by atoms with E-state index in [0.29, 0.717) is 0 Å². The van der Waals surface area contributed by atoms with Crippen molar-refractivity contribution in [2.75, 3.05) is 13.2 Å². The van der Waals surface area contributed by atoms with Gasteiger partial charge >= 0.3 is 12.4 Å². The van der Waals surface area contributed by atoms with Crippen LogP contribution in [0.25, 0.3) is 0 Å². The van der Waals surface area contributed by atoms with Crippen LogP contribution in [0.5, 0.6) is 0 Å². The lowest BCUT2D eigenvalue weighted by atomic mass is 10.3. The number of aliphatic hydroxyl groups excluding tert-OH is 1. The molecule has 0 aliphatic carbocycles. The average molecular weight is 286 g/mol. The van der Waals surface area contributed by atoms with Crippen LogP contribution in [-0.4, -0.2) is 48.1 Å². The number of hydrogen-bond acceptors (Lipinski definition) is 4. The maximum absolute atomic E-state index is 11.9. The monoisotopic (exact) mass is 286 g/mol. The molecule has 4 nitrogen and oxygen atoms in total. The highest BCUT2D eigenvalue weighted by Gasteiger charge is 2.45. The van der Waals surface area contributed by atoms with Crippen molar-refractivity contribution >= 4 is 0 Å². The van der Waals surface area contributed by atoms with Crippen LogP contribution in [0, 0.1) is 0 Å². The fourth-order valence-corrected chi connectivity index (χ4v) is 0.639. The Morgan fingerprint density at radius 3 is 1.56 bits per heavy atom. The summed E-state index contributed by atoms with van der Waals surface area (Å²) in [6, 6.07) is 0. The summed E-state index contributed by atoms with van der Waals surface area (Å²) >= 11 is 0. The standard InChI is InChI=1S/C6H8F6O4.C2H4/c7-5(8,9)3(1-13)15-2-4(16-14)6(10,11)12;1-2/h3-4,13-14H,1-2H2;1-2H2. The summed E-state index contributed by atoms with van der Waals surface area (Å²) in [6.45, 7) is 2.89. The Morgan fingerprint density at radius 2 is 1.33 bits per heavy atom. The summed E-state index contributed by atoms with van der Waals surface area (Å²) in [7, 11) is 0. The van der Waals surface area contributed by atoms with Gasteiger partial charge in [0.15, 0.2) is 6.10 Å². The minimum absolute atomic E-state index is 1.53. The first kappa shape index (κ1) is 19.5. The van der Waals surface area contributed by atoms with Crippen molar-refractivity contribution in [2.24, 2.45) is 0 Å². The third-order valence-electron chi connectivity index (χ3n) is 1.47. The highest BCUT2D eigenvalue weighted by Crippen LogP contribution is 2.26. The van der Waals surface area contributed by atoms with Crippen molar-refractivity contribution < 1.29 is 46.3 Å². The molecule has 2 N–H and O–H groups in total. The number of halogens is 6. The Labute approximate surface area is 98.3 Å². The molecule has 0 aliphatic heterocycles. The summed E-state index contributed by atoms with van der Waals surface area (Å²) in [4.78, 5) is 2.92. The topological polar surface area (TPSA) is 58.9 Å². The van der Waals surface area contributed by atoms with Gasteiger partial charge in [-0.2, -0.15) is 26.3 Å². The van der Waals surface area contributed by atoms with Gasteiger partial charge in [-0.15, -0.1) is 13.2 Å². The van der Waals surface area contributed by atoms with E-state index in [1.165, 1.54) is 0 Å². The quantitative estimate of drug-likeness (QED) is 0.352. The van der Waals surface area contributed by atoms with Crippen LogP contribution in [0.4, 0.5) is 26.3 Å². The van der Waals surface area contributed by atoms with Gasteiger partial charge < -0.3 is 9.84 Å². The fourth-order valence-electron chi connectivity index (χ4n) is 0.639. The van der Waals surface area contributed by atoms with Crippen LogP contribution in [0.3, 0.4) is 0 Å². The van der Waals surface area contributed by atoms with Gasteiger partial charge in [-0.25, -0.2) is 4.89 Å². The maximum atomic E-state index is 11.9. The lowest BCUT2D eigenvalue weighted by Crippen LogP contribution is -2.41. The zero-order chi connectivity index (χ0) is 15.0. The maximum Gasteiger partial charge on any atom is 0.420 e.